The van der Waals surface area contributed by atoms with Crippen LogP contribution in [0.4, 0.5) is 0 Å². The van der Waals surface area contributed by atoms with Gasteiger partial charge in [0.15, 0.2) is 0 Å². The van der Waals surface area contributed by atoms with E-state index >= 15 is 0 Å². The molecule has 4 heteroatoms. The van der Waals surface area contributed by atoms with Crippen LogP contribution in [-0.2, 0) is 9.59 Å². The van der Waals surface area contributed by atoms with Gasteiger partial charge in [0.25, 0.3) is 0 Å². The van der Waals surface area contributed by atoms with Crippen molar-refractivity contribution in [3.63, 3.8) is 0 Å². The Morgan fingerprint density at radius 1 is 1.32 bits per heavy atom. The SMILES string of the molecule is CCCC(C)N1C(=O)C(C)(C)NC(=O)C1(C)C1CC1. The second-order valence-corrected chi connectivity index (χ2v) is 6.81. The van der Waals surface area contributed by atoms with Crippen LogP contribution in [0, 0.1) is 5.92 Å². The molecule has 0 aromatic carbocycles. The standard InChI is InChI=1S/C15H26N2O2/c1-6-7-10(2)17-13(19)14(3,4)16-12(18)15(17,5)11-8-9-11/h10-11H,6-9H2,1-5H3,(H,16,18). The van der Waals surface area contributed by atoms with Gasteiger partial charge in [-0.1, -0.05) is 13.3 Å². The zero-order chi connectivity index (χ0) is 14.4. The summed E-state index contributed by atoms with van der Waals surface area (Å²) in [6.07, 6.45) is 4.06. The Labute approximate surface area is 115 Å². The molecular weight excluding hydrogens is 240 g/mol. The van der Waals surface area contributed by atoms with Gasteiger partial charge in [0.05, 0.1) is 0 Å². The van der Waals surface area contributed by atoms with Crippen LogP contribution < -0.4 is 5.32 Å². The largest absolute Gasteiger partial charge is 0.340 e. The first-order valence-corrected chi connectivity index (χ1v) is 7.41. The molecule has 2 fully saturated rings. The molecule has 0 aromatic rings. The van der Waals surface area contributed by atoms with Gasteiger partial charge in [-0.05, 0) is 52.9 Å². The summed E-state index contributed by atoms with van der Waals surface area (Å²) in [5.41, 5.74) is -1.44. The van der Waals surface area contributed by atoms with Crippen molar-refractivity contribution >= 4 is 11.8 Å². The summed E-state index contributed by atoms with van der Waals surface area (Å²) < 4.78 is 0. The maximum Gasteiger partial charge on any atom is 0.248 e. The molecule has 2 amide bonds. The van der Waals surface area contributed by atoms with E-state index in [0.717, 1.165) is 25.7 Å². The van der Waals surface area contributed by atoms with E-state index < -0.39 is 11.1 Å². The minimum atomic E-state index is -0.784. The van der Waals surface area contributed by atoms with Gasteiger partial charge >= 0.3 is 0 Å². The normalized spacial score (nSPS) is 32.2. The van der Waals surface area contributed by atoms with Crippen LogP contribution in [0.2, 0.25) is 0 Å². The molecule has 4 nitrogen and oxygen atoms in total. The second-order valence-electron chi connectivity index (χ2n) is 6.81. The third-order valence-electron chi connectivity index (χ3n) is 4.66. The first-order chi connectivity index (χ1) is 8.75. The highest BCUT2D eigenvalue weighted by Gasteiger charge is 2.59. The maximum atomic E-state index is 12.8. The average molecular weight is 266 g/mol. The van der Waals surface area contributed by atoms with E-state index in [2.05, 4.69) is 19.2 Å². The van der Waals surface area contributed by atoms with E-state index in [9.17, 15) is 9.59 Å². The van der Waals surface area contributed by atoms with Crippen molar-refractivity contribution in [3.05, 3.63) is 0 Å². The topological polar surface area (TPSA) is 49.4 Å². The first kappa shape index (κ1) is 14.4. The number of carbonyl (C=O) groups excluding carboxylic acids is 2. The smallest absolute Gasteiger partial charge is 0.248 e. The van der Waals surface area contributed by atoms with Crippen LogP contribution in [0.5, 0.6) is 0 Å². The van der Waals surface area contributed by atoms with Crippen LogP contribution in [0.25, 0.3) is 0 Å². The Balaban J connectivity index is 2.39. The fourth-order valence-electron chi connectivity index (χ4n) is 3.32. The zero-order valence-electron chi connectivity index (χ0n) is 12.7. The van der Waals surface area contributed by atoms with Crippen LogP contribution >= 0.6 is 0 Å². The minimum Gasteiger partial charge on any atom is -0.340 e. The minimum absolute atomic E-state index is 0.0163. The molecule has 1 saturated carbocycles. The molecule has 2 unspecified atom stereocenters. The van der Waals surface area contributed by atoms with E-state index in [1.165, 1.54) is 0 Å². The highest BCUT2D eigenvalue weighted by molar-refractivity contribution is 6.02. The predicted octanol–water partition coefficient (Wildman–Crippen LogP) is 2.08. The Bertz CT molecular complexity index is 401. The third-order valence-corrected chi connectivity index (χ3v) is 4.66. The molecule has 1 saturated heterocycles. The molecule has 2 rings (SSSR count). The van der Waals surface area contributed by atoms with E-state index in [-0.39, 0.29) is 17.9 Å². The van der Waals surface area contributed by atoms with Crippen molar-refractivity contribution in [2.24, 2.45) is 5.92 Å². The van der Waals surface area contributed by atoms with Gasteiger partial charge in [-0.3, -0.25) is 9.59 Å². The summed E-state index contributed by atoms with van der Waals surface area (Å²) in [6, 6.07) is 0.119. The number of amides is 2. The number of nitrogens with zero attached hydrogens (tertiary/aromatic N) is 1. The predicted molar refractivity (Wildman–Crippen MR) is 74.6 cm³/mol. The van der Waals surface area contributed by atoms with Gasteiger partial charge < -0.3 is 10.2 Å². The van der Waals surface area contributed by atoms with Gasteiger partial charge in [-0.25, -0.2) is 0 Å². The molecule has 0 bridgehead atoms. The summed E-state index contributed by atoms with van der Waals surface area (Å²) in [5.74, 6) is 0.400. The Hall–Kier alpha value is -1.06. The van der Waals surface area contributed by atoms with Crippen molar-refractivity contribution < 1.29 is 9.59 Å². The molecule has 0 aromatic heterocycles. The third kappa shape index (κ3) is 2.15. The summed E-state index contributed by atoms with van der Waals surface area (Å²) in [5, 5.41) is 2.91. The van der Waals surface area contributed by atoms with E-state index in [4.69, 9.17) is 0 Å². The van der Waals surface area contributed by atoms with Crippen molar-refractivity contribution in [2.75, 3.05) is 0 Å². The summed E-state index contributed by atoms with van der Waals surface area (Å²) in [6.45, 7) is 9.72. The molecule has 2 aliphatic rings. The number of nitrogens with one attached hydrogen (secondary N) is 1. The first-order valence-electron chi connectivity index (χ1n) is 7.41. The quantitative estimate of drug-likeness (QED) is 0.847. The molecule has 1 aliphatic carbocycles. The number of hydrogen-bond donors (Lipinski definition) is 1. The molecule has 19 heavy (non-hydrogen) atoms. The van der Waals surface area contributed by atoms with E-state index in [0.29, 0.717) is 5.92 Å². The van der Waals surface area contributed by atoms with Crippen LogP contribution in [0.3, 0.4) is 0 Å². The summed E-state index contributed by atoms with van der Waals surface area (Å²) in [4.78, 5) is 27.2. The van der Waals surface area contributed by atoms with Crippen molar-refractivity contribution in [3.8, 4) is 0 Å². The molecule has 1 N–H and O–H groups in total. The van der Waals surface area contributed by atoms with Crippen LogP contribution in [0.15, 0.2) is 0 Å². The molecule has 1 aliphatic heterocycles. The average Bonchev–Trinajstić information content (AvgIpc) is 3.10. The van der Waals surface area contributed by atoms with Crippen molar-refractivity contribution in [2.45, 2.75) is 77.4 Å². The van der Waals surface area contributed by atoms with E-state index in [1.54, 1.807) is 13.8 Å². The monoisotopic (exact) mass is 266 g/mol. The maximum absolute atomic E-state index is 12.8. The Kier molecular flexibility index (Phi) is 3.40. The molecule has 0 radical (unpaired) electrons. The van der Waals surface area contributed by atoms with Crippen molar-refractivity contribution in [1.82, 2.24) is 10.2 Å². The fraction of sp³-hybridized carbons (Fsp3) is 0.867. The molecule has 1 heterocycles. The highest BCUT2D eigenvalue weighted by Crippen LogP contribution is 2.46. The highest BCUT2D eigenvalue weighted by atomic mass is 16.2. The van der Waals surface area contributed by atoms with E-state index in [1.807, 2.05) is 11.8 Å². The van der Waals surface area contributed by atoms with Gasteiger partial charge in [0, 0.05) is 6.04 Å². The Morgan fingerprint density at radius 2 is 1.89 bits per heavy atom. The number of piperazine rings is 1. The molecular formula is C15H26N2O2. The molecule has 108 valence electrons. The van der Waals surface area contributed by atoms with Gasteiger partial charge in [0.1, 0.15) is 11.1 Å². The van der Waals surface area contributed by atoms with Crippen LogP contribution in [-0.4, -0.2) is 33.8 Å². The van der Waals surface area contributed by atoms with Gasteiger partial charge in [-0.2, -0.15) is 0 Å². The lowest BCUT2D eigenvalue weighted by atomic mass is 9.83. The summed E-state index contributed by atoms with van der Waals surface area (Å²) in [7, 11) is 0. The Morgan fingerprint density at radius 3 is 2.37 bits per heavy atom. The summed E-state index contributed by atoms with van der Waals surface area (Å²) >= 11 is 0. The van der Waals surface area contributed by atoms with Gasteiger partial charge in [-0.15, -0.1) is 0 Å². The molecule has 0 spiro atoms. The zero-order valence-corrected chi connectivity index (χ0v) is 12.7. The fourth-order valence-corrected chi connectivity index (χ4v) is 3.32. The lowest BCUT2D eigenvalue weighted by Gasteiger charge is -2.52. The number of carbonyl (C=O) groups is 2. The molecule has 2 atom stereocenters. The number of rotatable bonds is 4. The van der Waals surface area contributed by atoms with Crippen LogP contribution in [0.1, 0.15) is 60.3 Å². The van der Waals surface area contributed by atoms with Crippen molar-refractivity contribution in [1.29, 1.82) is 0 Å². The van der Waals surface area contributed by atoms with Gasteiger partial charge in [0.2, 0.25) is 11.8 Å². The second kappa shape index (κ2) is 4.50. The lowest BCUT2D eigenvalue weighted by Crippen LogP contribution is -2.75. The number of hydrogen-bond acceptors (Lipinski definition) is 2. The lowest BCUT2D eigenvalue weighted by molar-refractivity contribution is -0.165.